The fourth-order valence-electron chi connectivity index (χ4n) is 0.933. The molecule has 0 heterocycles. The highest BCUT2D eigenvalue weighted by Crippen LogP contribution is 2.28. The van der Waals surface area contributed by atoms with E-state index in [1.807, 2.05) is 0 Å². The van der Waals surface area contributed by atoms with E-state index in [2.05, 4.69) is 0 Å². The summed E-state index contributed by atoms with van der Waals surface area (Å²) in [6.45, 7) is 0. The van der Waals surface area contributed by atoms with Crippen LogP contribution in [0.25, 0.3) is 0 Å². The zero-order valence-electron chi connectivity index (χ0n) is 6.57. The first-order valence-electron chi connectivity index (χ1n) is 3.32. The average molecular weight is 167 g/mol. The number of aromatic hydroxyl groups is 1. The van der Waals surface area contributed by atoms with Crippen molar-refractivity contribution in [2.75, 3.05) is 7.11 Å². The van der Waals surface area contributed by atoms with Crippen LogP contribution in [0, 0.1) is 0 Å². The molecule has 0 radical (unpaired) electrons. The summed E-state index contributed by atoms with van der Waals surface area (Å²) in [5.41, 5.74) is 5.21. The number of rotatable bonds is 2. The molecule has 4 nitrogen and oxygen atoms in total. The summed E-state index contributed by atoms with van der Waals surface area (Å²) < 4.78 is 4.79. The standard InChI is InChI=1S/C8H9NO3/c1-12-7-5(8(9)11)3-2-4-6(7)10/h2-4,10H,1H3,(H2,9,11). The highest BCUT2D eigenvalue weighted by atomic mass is 16.5. The SMILES string of the molecule is COc1c(O)cccc1C(N)=O. The fraction of sp³-hybridized carbons (Fsp3) is 0.125. The van der Waals surface area contributed by atoms with E-state index in [-0.39, 0.29) is 17.1 Å². The molecule has 0 spiro atoms. The number of amides is 1. The first-order chi connectivity index (χ1) is 5.66. The van der Waals surface area contributed by atoms with E-state index in [0.29, 0.717) is 0 Å². The number of primary amides is 1. The zero-order chi connectivity index (χ0) is 9.14. The largest absolute Gasteiger partial charge is 0.504 e. The summed E-state index contributed by atoms with van der Waals surface area (Å²) in [5, 5.41) is 9.21. The molecule has 4 heteroatoms. The zero-order valence-corrected chi connectivity index (χ0v) is 6.57. The highest BCUT2D eigenvalue weighted by Gasteiger charge is 2.11. The lowest BCUT2D eigenvalue weighted by Crippen LogP contribution is -2.12. The minimum Gasteiger partial charge on any atom is -0.504 e. The molecule has 0 aromatic heterocycles. The van der Waals surface area contributed by atoms with Crippen LogP contribution >= 0.6 is 0 Å². The molecule has 0 fully saturated rings. The van der Waals surface area contributed by atoms with Crippen molar-refractivity contribution >= 4 is 5.91 Å². The predicted octanol–water partition coefficient (Wildman–Crippen LogP) is 0.500. The maximum Gasteiger partial charge on any atom is 0.252 e. The van der Waals surface area contributed by atoms with Gasteiger partial charge >= 0.3 is 0 Å². The van der Waals surface area contributed by atoms with Crippen molar-refractivity contribution in [3.8, 4) is 11.5 Å². The molecule has 64 valence electrons. The first-order valence-corrected chi connectivity index (χ1v) is 3.32. The number of benzene rings is 1. The third kappa shape index (κ3) is 1.32. The van der Waals surface area contributed by atoms with Crippen LogP contribution in [0.4, 0.5) is 0 Å². The van der Waals surface area contributed by atoms with E-state index in [9.17, 15) is 9.90 Å². The Kier molecular flexibility index (Phi) is 2.19. The lowest BCUT2D eigenvalue weighted by atomic mass is 10.2. The minimum atomic E-state index is -0.622. The Hall–Kier alpha value is -1.71. The molecule has 0 bridgehead atoms. The second-order valence-corrected chi connectivity index (χ2v) is 2.22. The van der Waals surface area contributed by atoms with Crippen LogP contribution in [-0.2, 0) is 0 Å². The second kappa shape index (κ2) is 3.13. The van der Waals surface area contributed by atoms with Gasteiger partial charge in [-0.3, -0.25) is 4.79 Å². The molecule has 0 aliphatic carbocycles. The average Bonchev–Trinajstić information content (AvgIpc) is 2.03. The van der Waals surface area contributed by atoms with Crippen LogP contribution in [0.1, 0.15) is 10.4 Å². The number of carbonyl (C=O) groups excluding carboxylic acids is 1. The number of phenolic OH excluding ortho intramolecular Hbond substituents is 1. The Morgan fingerprint density at radius 3 is 2.67 bits per heavy atom. The number of nitrogens with two attached hydrogens (primary N) is 1. The van der Waals surface area contributed by atoms with Gasteiger partial charge in [-0.1, -0.05) is 6.07 Å². The van der Waals surface area contributed by atoms with Crippen LogP contribution in [0.3, 0.4) is 0 Å². The van der Waals surface area contributed by atoms with E-state index in [0.717, 1.165) is 0 Å². The Balaban J connectivity index is 3.27. The lowest BCUT2D eigenvalue weighted by molar-refractivity contribution is 0.0996. The summed E-state index contributed by atoms with van der Waals surface area (Å²) >= 11 is 0. The van der Waals surface area contributed by atoms with Gasteiger partial charge in [0.15, 0.2) is 11.5 Å². The van der Waals surface area contributed by atoms with Gasteiger partial charge in [-0.2, -0.15) is 0 Å². The quantitative estimate of drug-likeness (QED) is 0.673. The molecule has 3 N–H and O–H groups in total. The molecular formula is C8H9NO3. The third-order valence-electron chi connectivity index (χ3n) is 1.46. The predicted molar refractivity (Wildman–Crippen MR) is 43.2 cm³/mol. The molecule has 1 amide bonds. The molecule has 0 aliphatic rings. The van der Waals surface area contributed by atoms with Gasteiger partial charge < -0.3 is 15.6 Å². The van der Waals surface area contributed by atoms with Crippen LogP contribution in [0.5, 0.6) is 11.5 Å². The number of methoxy groups -OCH3 is 1. The molecular weight excluding hydrogens is 158 g/mol. The molecule has 0 saturated heterocycles. The summed E-state index contributed by atoms with van der Waals surface area (Å²) in [7, 11) is 1.36. The normalized spacial score (nSPS) is 9.42. The van der Waals surface area contributed by atoms with Gasteiger partial charge in [0.05, 0.1) is 12.7 Å². The molecule has 1 aromatic rings. The van der Waals surface area contributed by atoms with Crippen LogP contribution in [0.2, 0.25) is 0 Å². The van der Waals surface area contributed by atoms with E-state index in [1.54, 1.807) is 0 Å². The van der Waals surface area contributed by atoms with Gasteiger partial charge in [0.2, 0.25) is 0 Å². The third-order valence-corrected chi connectivity index (χ3v) is 1.46. The Morgan fingerprint density at radius 1 is 1.58 bits per heavy atom. The molecule has 0 atom stereocenters. The maximum absolute atomic E-state index is 10.8. The summed E-state index contributed by atoms with van der Waals surface area (Å²) in [6.07, 6.45) is 0. The van der Waals surface area contributed by atoms with Gasteiger partial charge in [-0.05, 0) is 12.1 Å². The van der Waals surface area contributed by atoms with Crippen molar-refractivity contribution in [2.45, 2.75) is 0 Å². The van der Waals surface area contributed by atoms with Crippen molar-refractivity contribution in [3.63, 3.8) is 0 Å². The van der Waals surface area contributed by atoms with Crippen LogP contribution in [0.15, 0.2) is 18.2 Å². The van der Waals surface area contributed by atoms with Gasteiger partial charge in [-0.15, -0.1) is 0 Å². The summed E-state index contributed by atoms with van der Waals surface area (Å²) in [4.78, 5) is 10.8. The minimum absolute atomic E-state index is 0.0891. The molecule has 12 heavy (non-hydrogen) atoms. The Labute approximate surface area is 69.6 Å². The van der Waals surface area contributed by atoms with Crippen molar-refractivity contribution in [1.29, 1.82) is 0 Å². The van der Waals surface area contributed by atoms with Crippen LogP contribution < -0.4 is 10.5 Å². The molecule has 1 rings (SSSR count). The Bertz CT molecular complexity index is 309. The first kappa shape index (κ1) is 8.39. The summed E-state index contributed by atoms with van der Waals surface area (Å²) in [5.74, 6) is -0.596. The molecule has 0 saturated carbocycles. The van der Waals surface area contributed by atoms with Gasteiger partial charge in [0, 0.05) is 0 Å². The smallest absolute Gasteiger partial charge is 0.252 e. The van der Waals surface area contributed by atoms with E-state index in [1.165, 1.54) is 25.3 Å². The number of para-hydroxylation sites is 1. The van der Waals surface area contributed by atoms with Crippen LogP contribution in [-0.4, -0.2) is 18.1 Å². The molecule has 0 aliphatic heterocycles. The number of phenols is 1. The number of ether oxygens (including phenoxy) is 1. The van der Waals surface area contributed by atoms with E-state index in [4.69, 9.17) is 10.5 Å². The van der Waals surface area contributed by atoms with Gasteiger partial charge in [-0.25, -0.2) is 0 Å². The van der Waals surface area contributed by atoms with Crippen molar-refractivity contribution in [2.24, 2.45) is 5.73 Å². The van der Waals surface area contributed by atoms with Crippen molar-refractivity contribution < 1.29 is 14.6 Å². The van der Waals surface area contributed by atoms with Gasteiger partial charge in [0.1, 0.15) is 0 Å². The topological polar surface area (TPSA) is 72.6 Å². The maximum atomic E-state index is 10.8. The highest BCUT2D eigenvalue weighted by molar-refractivity contribution is 5.96. The Morgan fingerprint density at radius 2 is 2.25 bits per heavy atom. The molecule has 0 unspecified atom stereocenters. The van der Waals surface area contributed by atoms with E-state index >= 15 is 0 Å². The fourth-order valence-corrected chi connectivity index (χ4v) is 0.933. The van der Waals surface area contributed by atoms with Gasteiger partial charge in [0.25, 0.3) is 5.91 Å². The number of carbonyl (C=O) groups is 1. The molecule has 1 aromatic carbocycles. The monoisotopic (exact) mass is 167 g/mol. The van der Waals surface area contributed by atoms with Crippen molar-refractivity contribution in [1.82, 2.24) is 0 Å². The van der Waals surface area contributed by atoms with E-state index < -0.39 is 5.91 Å². The second-order valence-electron chi connectivity index (χ2n) is 2.22. The number of hydrogen-bond acceptors (Lipinski definition) is 3. The number of hydrogen-bond donors (Lipinski definition) is 2. The summed E-state index contributed by atoms with van der Waals surface area (Å²) in [6, 6.07) is 4.43. The lowest BCUT2D eigenvalue weighted by Gasteiger charge is -2.05. The van der Waals surface area contributed by atoms with Crippen molar-refractivity contribution in [3.05, 3.63) is 23.8 Å².